The third-order valence-electron chi connectivity index (χ3n) is 4.24. The molecule has 1 heterocycles. The summed E-state index contributed by atoms with van der Waals surface area (Å²) in [7, 11) is 0. The maximum absolute atomic E-state index is 12.9. The number of ether oxygens (including phenoxy) is 1. The predicted octanol–water partition coefficient (Wildman–Crippen LogP) is 5.02. The summed E-state index contributed by atoms with van der Waals surface area (Å²) in [6, 6.07) is 15.3. The normalized spacial score (nSPS) is 12.0. The molecule has 0 bridgehead atoms. The molecule has 2 aromatic carbocycles. The van der Waals surface area contributed by atoms with Gasteiger partial charge in [0.25, 0.3) is 5.91 Å². The Kier molecular flexibility index (Phi) is 6.11. The number of para-hydroxylation sites is 1. The van der Waals surface area contributed by atoms with Crippen LogP contribution >= 0.6 is 0 Å². The molecular formula is C22H15F3N2O4. The summed E-state index contributed by atoms with van der Waals surface area (Å²) < 4.78 is 49.0. The lowest BCUT2D eigenvalue weighted by Gasteiger charge is -2.13. The average molecular weight is 428 g/mol. The fraction of sp³-hybridized carbons (Fsp3) is 0.136. The number of anilines is 1. The Labute approximate surface area is 174 Å². The fourth-order valence-electron chi connectivity index (χ4n) is 2.65. The van der Waals surface area contributed by atoms with Crippen LogP contribution in [0.2, 0.25) is 0 Å². The topological polar surface area (TPSA) is 92.3 Å². The molecule has 1 amide bonds. The number of nitrogens with one attached hydrogen (secondary N) is 1. The number of nitriles is 1. The monoisotopic (exact) mass is 428 g/mol. The van der Waals surface area contributed by atoms with Crippen LogP contribution in [0.15, 0.2) is 65.1 Å². The molecule has 3 rings (SSSR count). The Balaban J connectivity index is 1.68. The van der Waals surface area contributed by atoms with E-state index in [1.54, 1.807) is 12.1 Å². The van der Waals surface area contributed by atoms with Gasteiger partial charge < -0.3 is 14.5 Å². The van der Waals surface area contributed by atoms with Crippen LogP contribution in [0.3, 0.4) is 0 Å². The second kappa shape index (κ2) is 8.75. The minimum Gasteiger partial charge on any atom is -0.449 e. The van der Waals surface area contributed by atoms with Crippen LogP contribution in [0.25, 0.3) is 11.3 Å². The van der Waals surface area contributed by atoms with Crippen molar-refractivity contribution in [2.45, 2.75) is 19.2 Å². The molecule has 0 aliphatic rings. The van der Waals surface area contributed by atoms with Gasteiger partial charge in [-0.15, -0.1) is 0 Å². The van der Waals surface area contributed by atoms with Crippen LogP contribution in [0.1, 0.15) is 28.6 Å². The van der Waals surface area contributed by atoms with E-state index in [2.05, 4.69) is 5.32 Å². The second-order valence-corrected chi connectivity index (χ2v) is 6.44. The number of benzene rings is 2. The molecule has 0 aliphatic heterocycles. The standard InChI is InChI=1S/C22H15F3N2O4/c1-13(20(28)27-17-8-3-2-5-15(17)12-26)30-21(29)19-10-9-18(31-19)14-6-4-7-16(11-14)22(23,24)25/h2-11,13H,1H3,(H,27,28). The molecule has 0 aliphatic carbocycles. The molecule has 3 aromatic rings. The summed E-state index contributed by atoms with van der Waals surface area (Å²) in [5.41, 5.74) is -0.213. The fourth-order valence-corrected chi connectivity index (χ4v) is 2.65. The molecule has 6 nitrogen and oxygen atoms in total. The zero-order valence-corrected chi connectivity index (χ0v) is 16.1. The van der Waals surface area contributed by atoms with Crippen molar-refractivity contribution in [2.75, 3.05) is 5.32 Å². The summed E-state index contributed by atoms with van der Waals surface area (Å²) in [6.07, 6.45) is -5.74. The van der Waals surface area contributed by atoms with Crippen LogP contribution in [0.5, 0.6) is 0 Å². The number of amides is 1. The van der Waals surface area contributed by atoms with Gasteiger partial charge in [-0.3, -0.25) is 4.79 Å². The molecule has 0 spiro atoms. The smallest absolute Gasteiger partial charge is 0.416 e. The summed E-state index contributed by atoms with van der Waals surface area (Å²) in [6.45, 7) is 1.33. The van der Waals surface area contributed by atoms with E-state index in [1.807, 2.05) is 6.07 Å². The van der Waals surface area contributed by atoms with E-state index < -0.39 is 29.7 Å². The molecule has 1 atom stereocenters. The molecule has 9 heteroatoms. The second-order valence-electron chi connectivity index (χ2n) is 6.44. The Morgan fingerprint density at radius 1 is 1.10 bits per heavy atom. The largest absolute Gasteiger partial charge is 0.449 e. The number of alkyl halides is 3. The van der Waals surface area contributed by atoms with Crippen LogP contribution in [0, 0.1) is 11.3 Å². The van der Waals surface area contributed by atoms with E-state index in [9.17, 15) is 22.8 Å². The lowest BCUT2D eigenvalue weighted by Crippen LogP contribution is -2.30. The number of hydrogen-bond acceptors (Lipinski definition) is 5. The third kappa shape index (κ3) is 5.11. The van der Waals surface area contributed by atoms with Crippen LogP contribution in [-0.2, 0) is 15.7 Å². The number of halogens is 3. The molecule has 1 unspecified atom stereocenters. The van der Waals surface area contributed by atoms with Crippen molar-refractivity contribution in [1.82, 2.24) is 0 Å². The van der Waals surface area contributed by atoms with E-state index in [-0.39, 0.29) is 28.3 Å². The van der Waals surface area contributed by atoms with Crippen molar-refractivity contribution in [3.8, 4) is 17.4 Å². The van der Waals surface area contributed by atoms with Crippen molar-refractivity contribution in [3.05, 3.63) is 77.6 Å². The van der Waals surface area contributed by atoms with E-state index in [0.29, 0.717) is 0 Å². The molecule has 0 saturated heterocycles. The molecule has 31 heavy (non-hydrogen) atoms. The number of rotatable bonds is 5. The first-order chi connectivity index (χ1) is 14.7. The van der Waals surface area contributed by atoms with E-state index in [1.165, 1.54) is 43.3 Å². The summed E-state index contributed by atoms with van der Waals surface area (Å²) in [5.74, 6) is -1.86. The van der Waals surface area contributed by atoms with Gasteiger partial charge in [0.1, 0.15) is 11.8 Å². The van der Waals surface area contributed by atoms with Crippen molar-refractivity contribution >= 4 is 17.6 Å². The van der Waals surface area contributed by atoms with Gasteiger partial charge in [0, 0.05) is 5.56 Å². The van der Waals surface area contributed by atoms with Crippen LogP contribution in [-0.4, -0.2) is 18.0 Å². The Morgan fingerprint density at radius 3 is 2.55 bits per heavy atom. The number of carbonyl (C=O) groups excluding carboxylic acids is 2. The van der Waals surface area contributed by atoms with E-state index in [4.69, 9.17) is 14.4 Å². The Bertz CT molecular complexity index is 1160. The minimum absolute atomic E-state index is 0.0399. The summed E-state index contributed by atoms with van der Waals surface area (Å²) >= 11 is 0. The first-order valence-corrected chi connectivity index (χ1v) is 8.97. The number of carbonyl (C=O) groups is 2. The average Bonchev–Trinajstić information content (AvgIpc) is 3.24. The van der Waals surface area contributed by atoms with Crippen molar-refractivity contribution < 1.29 is 31.9 Å². The highest BCUT2D eigenvalue weighted by atomic mass is 19.4. The van der Waals surface area contributed by atoms with Gasteiger partial charge in [-0.05, 0) is 43.3 Å². The molecule has 0 saturated carbocycles. The number of nitrogens with zero attached hydrogens (tertiary/aromatic N) is 1. The van der Waals surface area contributed by atoms with Gasteiger partial charge in [-0.25, -0.2) is 4.79 Å². The number of esters is 1. The highest BCUT2D eigenvalue weighted by Crippen LogP contribution is 2.32. The first kappa shape index (κ1) is 21.6. The molecule has 1 N–H and O–H groups in total. The SMILES string of the molecule is CC(OC(=O)c1ccc(-c2cccc(C(F)(F)F)c2)o1)C(=O)Nc1ccccc1C#N. The summed E-state index contributed by atoms with van der Waals surface area (Å²) in [4.78, 5) is 24.5. The molecule has 0 fully saturated rings. The molecule has 1 aromatic heterocycles. The van der Waals surface area contributed by atoms with E-state index in [0.717, 1.165) is 12.1 Å². The highest BCUT2D eigenvalue weighted by molar-refractivity contribution is 5.97. The Morgan fingerprint density at radius 2 is 1.84 bits per heavy atom. The quantitative estimate of drug-likeness (QED) is 0.576. The first-order valence-electron chi connectivity index (χ1n) is 8.97. The zero-order valence-electron chi connectivity index (χ0n) is 16.1. The number of furan rings is 1. The lowest BCUT2D eigenvalue weighted by atomic mass is 10.1. The summed E-state index contributed by atoms with van der Waals surface area (Å²) in [5, 5.41) is 11.6. The number of hydrogen-bond donors (Lipinski definition) is 1. The maximum Gasteiger partial charge on any atom is 0.416 e. The molecular weight excluding hydrogens is 413 g/mol. The maximum atomic E-state index is 12.9. The van der Waals surface area contributed by atoms with Gasteiger partial charge in [0.15, 0.2) is 6.10 Å². The Hall–Kier alpha value is -4.06. The minimum atomic E-state index is -4.52. The zero-order chi connectivity index (χ0) is 22.6. The van der Waals surface area contributed by atoms with Gasteiger partial charge >= 0.3 is 12.1 Å². The van der Waals surface area contributed by atoms with Gasteiger partial charge in [-0.1, -0.05) is 24.3 Å². The van der Waals surface area contributed by atoms with Gasteiger partial charge in [0.05, 0.1) is 16.8 Å². The van der Waals surface area contributed by atoms with Gasteiger partial charge in [0.2, 0.25) is 5.76 Å². The van der Waals surface area contributed by atoms with Crippen LogP contribution in [0.4, 0.5) is 18.9 Å². The highest BCUT2D eigenvalue weighted by Gasteiger charge is 2.31. The third-order valence-corrected chi connectivity index (χ3v) is 4.24. The van der Waals surface area contributed by atoms with Crippen LogP contribution < -0.4 is 5.32 Å². The predicted molar refractivity (Wildman–Crippen MR) is 104 cm³/mol. The molecule has 158 valence electrons. The molecule has 0 radical (unpaired) electrons. The van der Waals surface area contributed by atoms with E-state index >= 15 is 0 Å². The lowest BCUT2D eigenvalue weighted by molar-refractivity contribution is -0.137. The van der Waals surface area contributed by atoms with Crippen molar-refractivity contribution in [3.63, 3.8) is 0 Å². The van der Waals surface area contributed by atoms with Gasteiger partial charge in [-0.2, -0.15) is 18.4 Å². The van der Waals surface area contributed by atoms with Crippen molar-refractivity contribution in [2.24, 2.45) is 0 Å². The van der Waals surface area contributed by atoms with Crippen molar-refractivity contribution in [1.29, 1.82) is 5.26 Å².